The van der Waals surface area contributed by atoms with Gasteiger partial charge in [-0.1, -0.05) is 40.5 Å². The summed E-state index contributed by atoms with van der Waals surface area (Å²) < 4.78 is 13.2. The Morgan fingerprint density at radius 1 is 1.54 bits per heavy atom. The van der Waals surface area contributed by atoms with Crippen LogP contribution in [0.25, 0.3) is 0 Å². The summed E-state index contributed by atoms with van der Waals surface area (Å²) in [5.41, 5.74) is 0.605. The predicted molar refractivity (Wildman–Crippen MR) is 58.1 cm³/mol. The molecule has 0 aliphatic carbocycles. The van der Waals surface area contributed by atoms with Crippen LogP contribution < -0.4 is 0 Å². The summed E-state index contributed by atoms with van der Waals surface area (Å²) in [7, 11) is 0. The van der Waals surface area contributed by atoms with Crippen molar-refractivity contribution in [1.29, 1.82) is 0 Å². The third kappa shape index (κ3) is 2.96. The molecule has 0 saturated carbocycles. The Kier molecular flexibility index (Phi) is 4.20. The minimum atomic E-state index is -0.217. The van der Waals surface area contributed by atoms with Crippen LogP contribution in [-0.4, -0.2) is 4.83 Å². The summed E-state index contributed by atoms with van der Waals surface area (Å²) in [6, 6.07) is 4.78. The lowest BCUT2D eigenvalue weighted by molar-refractivity contribution is 0.606. The Labute approximate surface area is 91.2 Å². The van der Waals surface area contributed by atoms with E-state index < -0.39 is 0 Å². The highest BCUT2D eigenvalue weighted by Gasteiger charge is 2.10. The van der Waals surface area contributed by atoms with E-state index in [4.69, 9.17) is 11.6 Å². The largest absolute Gasteiger partial charge is 0.207 e. The normalized spacial score (nSPS) is 12.9. The SMILES string of the molecule is CCC(Br)Cc1c(F)cccc1Cl. The molecule has 0 aliphatic heterocycles. The zero-order valence-corrected chi connectivity index (χ0v) is 9.70. The molecule has 0 amide bonds. The van der Waals surface area contributed by atoms with Crippen LogP contribution in [0.2, 0.25) is 5.02 Å². The van der Waals surface area contributed by atoms with Gasteiger partial charge in [-0.25, -0.2) is 4.39 Å². The van der Waals surface area contributed by atoms with Gasteiger partial charge in [0.05, 0.1) is 0 Å². The second kappa shape index (κ2) is 4.97. The quantitative estimate of drug-likeness (QED) is 0.719. The van der Waals surface area contributed by atoms with E-state index in [-0.39, 0.29) is 5.82 Å². The van der Waals surface area contributed by atoms with Crippen LogP contribution in [0.3, 0.4) is 0 Å². The molecule has 1 atom stereocenters. The Morgan fingerprint density at radius 2 is 2.23 bits per heavy atom. The first-order chi connectivity index (χ1) is 6.15. The van der Waals surface area contributed by atoms with Crippen molar-refractivity contribution in [2.24, 2.45) is 0 Å². The molecule has 0 aromatic heterocycles. The van der Waals surface area contributed by atoms with Gasteiger partial charge in [-0.05, 0) is 25.0 Å². The Hall–Kier alpha value is -0.0800. The number of benzene rings is 1. The van der Waals surface area contributed by atoms with E-state index in [2.05, 4.69) is 15.9 Å². The summed E-state index contributed by atoms with van der Waals surface area (Å²) in [5, 5.41) is 0.512. The second-order valence-electron chi connectivity index (χ2n) is 2.91. The number of hydrogen-bond donors (Lipinski definition) is 0. The third-order valence-electron chi connectivity index (χ3n) is 1.93. The molecule has 13 heavy (non-hydrogen) atoms. The van der Waals surface area contributed by atoms with Gasteiger partial charge in [-0.15, -0.1) is 0 Å². The monoisotopic (exact) mass is 264 g/mol. The third-order valence-corrected chi connectivity index (χ3v) is 3.26. The fraction of sp³-hybridized carbons (Fsp3) is 0.400. The van der Waals surface area contributed by atoms with Crippen LogP contribution >= 0.6 is 27.5 Å². The van der Waals surface area contributed by atoms with Crippen LogP contribution in [0.5, 0.6) is 0 Å². The van der Waals surface area contributed by atoms with Crippen LogP contribution in [0.15, 0.2) is 18.2 Å². The highest BCUT2D eigenvalue weighted by atomic mass is 79.9. The van der Waals surface area contributed by atoms with E-state index in [0.717, 1.165) is 6.42 Å². The highest BCUT2D eigenvalue weighted by Crippen LogP contribution is 2.23. The molecule has 72 valence electrons. The minimum Gasteiger partial charge on any atom is -0.207 e. The minimum absolute atomic E-state index is 0.217. The van der Waals surface area contributed by atoms with Gasteiger partial charge in [0, 0.05) is 15.4 Å². The number of hydrogen-bond acceptors (Lipinski definition) is 0. The van der Waals surface area contributed by atoms with Crippen molar-refractivity contribution in [3.05, 3.63) is 34.6 Å². The fourth-order valence-corrected chi connectivity index (χ4v) is 1.66. The van der Waals surface area contributed by atoms with Gasteiger partial charge >= 0.3 is 0 Å². The lowest BCUT2D eigenvalue weighted by Crippen LogP contribution is -2.03. The van der Waals surface area contributed by atoms with E-state index in [1.807, 2.05) is 6.92 Å². The smallest absolute Gasteiger partial charge is 0.127 e. The standard InChI is InChI=1S/C10H11BrClF/c1-2-7(11)6-8-9(12)4-3-5-10(8)13/h3-5,7H,2,6H2,1H3. The zero-order chi connectivity index (χ0) is 9.84. The molecule has 0 fully saturated rings. The van der Waals surface area contributed by atoms with Gasteiger partial charge in [-0.3, -0.25) is 0 Å². The first-order valence-corrected chi connectivity index (χ1v) is 5.51. The predicted octanol–water partition coefficient (Wildman–Crippen LogP) is 4.20. The van der Waals surface area contributed by atoms with Crippen molar-refractivity contribution < 1.29 is 4.39 Å². The summed E-state index contributed by atoms with van der Waals surface area (Å²) in [4.78, 5) is 0.293. The average molecular weight is 266 g/mol. The molecule has 0 spiro atoms. The van der Waals surface area contributed by atoms with Gasteiger partial charge in [-0.2, -0.15) is 0 Å². The van der Waals surface area contributed by atoms with Crippen molar-refractivity contribution in [1.82, 2.24) is 0 Å². The van der Waals surface area contributed by atoms with Crippen molar-refractivity contribution in [2.75, 3.05) is 0 Å². The van der Waals surface area contributed by atoms with Gasteiger partial charge in [0.1, 0.15) is 5.82 Å². The molecule has 0 heterocycles. The summed E-state index contributed by atoms with van der Waals surface area (Å²) in [6.45, 7) is 2.05. The number of rotatable bonds is 3. The van der Waals surface area contributed by atoms with Crippen molar-refractivity contribution in [3.8, 4) is 0 Å². The Balaban J connectivity index is 2.87. The lowest BCUT2D eigenvalue weighted by atomic mass is 10.1. The van der Waals surface area contributed by atoms with Gasteiger partial charge in [0.2, 0.25) is 0 Å². The first kappa shape index (κ1) is 11.0. The maximum Gasteiger partial charge on any atom is 0.127 e. The van der Waals surface area contributed by atoms with Crippen LogP contribution in [-0.2, 0) is 6.42 Å². The molecule has 0 bridgehead atoms. The molecule has 1 unspecified atom stereocenters. The number of alkyl halides is 1. The first-order valence-electron chi connectivity index (χ1n) is 4.22. The van der Waals surface area contributed by atoms with Gasteiger partial charge in [0.15, 0.2) is 0 Å². The molecular formula is C10H11BrClF. The maximum absolute atomic E-state index is 13.2. The van der Waals surface area contributed by atoms with Crippen LogP contribution in [0.1, 0.15) is 18.9 Å². The van der Waals surface area contributed by atoms with E-state index in [1.54, 1.807) is 12.1 Å². The van der Waals surface area contributed by atoms with E-state index >= 15 is 0 Å². The highest BCUT2D eigenvalue weighted by molar-refractivity contribution is 9.09. The van der Waals surface area contributed by atoms with Crippen molar-refractivity contribution in [3.63, 3.8) is 0 Å². The Bertz CT molecular complexity index is 268. The molecule has 3 heteroatoms. The molecular weight excluding hydrogens is 254 g/mol. The maximum atomic E-state index is 13.2. The molecule has 1 rings (SSSR count). The molecule has 0 aliphatic rings. The molecule has 0 N–H and O–H groups in total. The number of halogens is 3. The molecule has 0 nitrogen and oxygen atoms in total. The average Bonchev–Trinajstić information content (AvgIpc) is 2.11. The summed E-state index contributed by atoms with van der Waals surface area (Å²) >= 11 is 9.33. The summed E-state index contributed by atoms with van der Waals surface area (Å²) in [6.07, 6.45) is 1.60. The Morgan fingerprint density at radius 3 is 2.77 bits per heavy atom. The lowest BCUT2D eigenvalue weighted by Gasteiger charge is -2.09. The second-order valence-corrected chi connectivity index (χ2v) is 4.61. The molecule has 1 aromatic rings. The van der Waals surface area contributed by atoms with E-state index in [0.29, 0.717) is 21.8 Å². The van der Waals surface area contributed by atoms with Crippen molar-refractivity contribution in [2.45, 2.75) is 24.6 Å². The molecule has 0 radical (unpaired) electrons. The van der Waals surface area contributed by atoms with Crippen LogP contribution in [0, 0.1) is 5.82 Å². The molecule has 1 aromatic carbocycles. The van der Waals surface area contributed by atoms with Gasteiger partial charge < -0.3 is 0 Å². The topological polar surface area (TPSA) is 0 Å². The van der Waals surface area contributed by atoms with Crippen LogP contribution in [0.4, 0.5) is 4.39 Å². The fourth-order valence-electron chi connectivity index (χ4n) is 1.09. The van der Waals surface area contributed by atoms with Gasteiger partial charge in [0.25, 0.3) is 0 Å². The summed E-state index contributed by atoms with van der Waals surface area (Å²) in [5.74, 6) is -0.217. The van der Waals surface area contributed by atoms with E-state index in [9.17, 15) is 4.39 Å². The molecule has 0 saturated heterocycles. The van der Waals surface area contributed by atoms with Crippen molar-refractivity contribution >= 4 is 27.5 Å². The zero-order valence-electron chi connectivity index (χ0n) is 7.36. The van der Waals surface area contributed by atoms with E-state index in [1.165, 1.54) is 6.07 Å².